The van der Waals surface area contributed by atoms with Gasteiger partial charge < -0.3 is 5.73 Å². The maximum absolute atomic E-state index is 13.1. The van der Waals surface area contributed by atoms with Crippen LogP contribution >= 0.6 is 0 Å². The van der Waals surface area contributed by atoms with Gasteiger partial charge >= 0.3 is 0 Å². The van der Waals surface area contributed by atoms with Gasteiger partial charge in [-0.3, -0.25) is 0 Å². The summed E-state index contributed by atoms with van der Waals surface area (Å²) in [5.41, 5.74) is 5.41. The molecule has 0 bridgehead atoms. The van der Waals surface area contributed by atoms with Crippen molar-refractivity contribution < 1.29 is 4.39 Å². The van der Waals surface area contributed by atoms with E-state index in [0.29, 0.717) is 11.2 Å². The van der Waals surface area contributed by atoms with Crippen LogP contribution in [0.3, 0.4) is 0 Å². The van der Waals surface area contributed by atoms with Crippen molar-refractivity contribution in [3.8, 4) is 0 Å². The summed E-state index contributed by atoms with van der Waals surface area (Å²) in [4.78, 5) is 3.86. The number of benzene rings is 1. The van der Waals surface area contributed by atoms with Crippen LogP contribution in [0.15, 0.2) is 30.5 Å². The molecule has 3 heteroatoms. The van der Waals surface area contributed by atoms with Crippen LogP contribution in [0.1, 0.15) is 0 Å². The highest BCUT2D eigenvalue weighted by molar-refractivity contribution is 5.84. The second-order valence-corrected chi connectivity index (χ2v) is 2.57. The van der Waals surface area contributed by atoms with Crippen molar-refractivity contribution in [2.45, 2.75) is 0 Å². The number of pyridine rings is 1. The molecule has 0 aliphatic heterocycles. The molecule has 0 unspecified atom stereocenters. The summed E-state index contributed by atoms with van der Waals surface area (Å²) in [6.45, 7) is 0. The molecule has 0 saturated heterocycles. The molecule has 0 atom stereocenters. The van der Waals surface area contributed by atoms with Gasteiger partial charge in [-0.25, -0.2) is 9.37 Å². The smallest absolute Gasteiger partial charge is 0.131 e. The van der Waals surface area contributed by atoms with E-state index >= 15 is 0 Å². The largest absolute Gasteiger partial charge is 0.384 e. The zero-order valence-corrected chi connectivity index (χ0v) is 6.29. The lowest BCUT2D eigenvalue weighted by Crippen LogP contribution is -1.89. The number of hydrogen-bond acceptors (Lipinski definition) is 2. The quantitative estimate of drug-likeness (QED) is 0.643. The molecule has 12 heavy (non-hydrogen) atoms. The van der Waals surface area contributed by atoms with Crippen molar-refractivity contribution in [3.05, 3.63) is 36.3 Å². The van der Waals surface area contributed by atoms with E-state index < -0.39 is 0 Å². The molecule has 0 fully saturated rings. The van der Waals surface area contributed by atoms with Crippen molar-refractivity contribution in [2.24, 2.45) is 0 Å². The van der Waals surface area contributed by atoms with Gasteiger partial charge in [0, 0.05) is 17.0 Å². The number of nitrogens with zero attached hydrogens (tertiary/aromatic N) is 1. The molecule has 0 amide bonds. The number of fused-ring (bicyclic) bond motifs is 1. The SMILES string of the molecule is Nc1cc2c(F)cccc2cn1. The third-order valence-corrected chi connectivity index (χ3v) is 1.73. The minimum absolute atomic E-state index is 0.262. The van der Waals surface area contributed by atoms with Crippen molar-refractivity contribution in [2.75, 3.05) is 5.73 Å². The Hall–Kier alpha value is -1.64. The maximum Gasteiger partial charge on any atom is 0.131 e. The van der Waals surface area contributed by atoms with Gasteiger partial charge in [-0.1, -0.05) is 12.1 Å². The van der Waals surface area contributed by atoms with Crippen LogP contribution < -0.4 is 5.73 Å². The van der Waals surface area contributed by atoms with Crippen LogP contribution in [0.25, 0.3) is 10.8 Å². The Balaban J connectivity index is 2.88. The fraction of sp³-hybridized carbons (Fsp3) is 0. The summed E-state index contributed by atoms with van der Waals surface area (Å²) in [6.07, 6.45) is 1.56. The molecule has 0 spiro atoms. The number of nitrogens with two attached hydrogens (primary N) is 1. The summed E-state index contributed by atoms with van der Waals surface area (Å²) in [5.74, 6) is 0.0780. The second-order valence-electron chi connectivity index (χ2n) is 2.57. The highest BCUT2D eigenvalue weighted by Crippen LogP contribution is 2.17. The molecule has 2 nitrogen and oxygen atoms in total. The first kappa shape index (κ1) is 7.03. The van der Waals surface area contributed by atoms with Crippen molar-refractivity contribution >= 4 is 16.6 Å². The van der Waals surface area contributed by atoms with Crippen molar-refractivity contribution in [1.82, 2.24) is 4.98 Å². The molecule has 0 aliphatic rings. The first-order chi connectivity index (χ1) is 5.77. The zero-order chi connectivity index (χ0) is 8.55. The molecule has 60 valence electrons. The molecule has 1 heterocycles. The van der Waals surface area contributed by atoms with Gasteiger partial charge in [-0.15, -0.1) is 0 Å². The molecule has 0 saturated carbocycles. The van der Waals surface area contributed by atoms with E-state index in [-0.39, 0.29) is 5.82 Å². The van der Waals surface area contributed by atoms with Crippen LogP contribution in [0.2, 0.25) is 0 Å². The molecule has 0 aliphatic carbocycles. The van der Waals surface area contributed by atoms with Gasteiger partial charge in [-0.2, -0.15) is 0 Å². The van der Waals surface area contributed by atoms with Gasteiger partial charge in [0.05, 0.1) is 0 Å². The van der Waals surface area contributed by atoms with Gasteiger partial charge in [0.25, 0.3) is 0 Å². The van der Waals surface area contributed by atoms with E-state index in [1.807, 2.05) is 0 Å². The van der Waals surface area contributed by atoms with Gasteiger partial charge in [0.15, 0.2) is 0 Å². The Labute approximate surface area is 68.8 Å². The van der Waals surface area contributed by atoms with Crippen molar-refractivity contribution in [3.63, 3.8) is 0 Å². The van der Waals surface area contributed by atoms with Crippen LogP contribution in [-0.2, 0) is 0 Å². The van der Waals surface area contributed by atoms with Gasteiger partial charge in [-0.05, 0) is 12.1 Å². The molecular weight excluding hydrogens is 155 g/mol. The number of nitrogen functional groups attached to an aromatic ring is 1. The predicted molar refractivity (Wildman–Crippen MR) is 46.1 cm³/mol. The Morgan fingerprint density at radius 1 is 1.33 bits per heavy atom. The average Bonchev–Trinajstić information content (AvgIpc) is 2.07. The van der Waals surface area contributed by atoms with E-state index in [1.165, 1.54) is 12.1 Å². The Kier molecular flexibility index (Phi) is 1.43. The average molecular weight is 162 g/mol. The van der Waals surface area contributed by atoms with E-state index in [4.69, 9.17) is 5.73 Å². The molecule has 0 radical (unpaired) electrons. The molecule has 1 aromatic heterocycles. The highest BCUT2D eigenvalue weighted by atomic mass is 19.1. The Bertz CT molecular complexity index is 426. The predicted octanol–water partition coefficient (Wildman–Crippen LogP) is 1.96. The maximum atomic E-state index is 13.1. The standard InChI is InChI=1S/C9H7FN2/c10-8-3-1-2-6-5-12-9(11)4-7(6)8/h1-5H,(H2,11,12). The summed E-state index contributed by atoms with van der Waals surface area (Å²) in [5, 5.41) is 1.29. The Morgan fingerprint density at radius 3 is 3.00 bits per heavy atom. The van der Waals surface area contributed by atoms with Crippen molar-refractivity contribution in [1.29, 1.82) is 0 Å². The molecular formula is C9H7FN2. The number of aromatic nitrogens is 1. The van der Waals surface area contributed by atoms with Gasteiger partial charge in [0.1, 0.15) is 11.6 Å². The fourth-order valence-corrected chi connectivity index (χ4v) is 1.15. The van der Waals surface area contributed by atoms with Crippen LogP contribution in [-0.4, -0.2) is 4.98 Å². The number of halogens is 1. The van der Waals surface area contributed by atoms with E-state index in [1.54, 1.807) is 18.3 Å². The fourth-order valence-electron chi connectivity index (χ4n) is 1.15. The van der Waals surface area contributed by atoms with E-state index in [9.17, 15) is 4.39 Å². The molecule has 1 aromatic carbocycles. The number of rotatable bonds is 0. The third kappa shape index (κ3) is 0.993. The summed E-state index contributed by atoms with van der Waals surface area (Å²) >= 11 is 0. The number of hydrogen-bond donors (Lipinski definition) is 1. The summed E-state index contributed by atoms with van der Waals surface area (Å²) in [6, 6.07) is 6.38. The summed E-state index contributed by atoms with van der Waals surface area (Å²) < 4.78 is 13.1. The highest BCUT2D eigenvalue weighted by Gasteiger charge is 1.99. The normalized spacial score (nSPS) is 10.4. The topological polar surface area (TPSA) is 38.9 Å². The van der Waals surface area contributed by atoms with E-state index in [2.05, 4.69) is 4.98 Å². The molecule has 2 rings (SSSR count). The third-order valence-electron chi connectivity index (χ3n) is 1.73. The zero-order valence-electron chi connectivity index (χ0n) is 6.29. The van der Waals surface area contributed by atoms with Crippen LogP contribution in [0.4, 0.5) is 10.2 Å². The minimum Gasteiger partial charge on any atom is -0.384 e. The van der Waals surface area contributed by atoms with Crippen LogP contribution in [0, 0.1) is 5.82 Å². The van der Waals surface area contributed by atoms with Gasteiger partial charge in [0.2, 0.25) is 0 Å². The number of anilines is 1. The van der Waals surface area contributed by atoms with Crippen LogP contribution in [0.5, 0.6) is 0 Å². The first-order valence-electron chi connectivity index (χ1n) is 3.57. The molecule has 2 aromatic rings. The lowest BCUT2D eigenvalue weighted by molar-refractivity contribution is 0.640. The molecule has 2 N–H and O–H groups in total. The lowest BCUT2D eigenvalue weighted by Gasteiger charge is -1.98. The Morgan fingerprint density at radius 2 is 2.17 bits per heavy atom. The van der Waals surface area contributed by atoms with E-state index in [0.717, 1.165) is 5.39 Å². The second kappa shape index (κ2) is 2.44. The summed E-state index contributed by atoms with van der Waals surface area (Å²) in [7, 11) is 0. The lowest BCUT2D eigenvalue weighted by atomic mass is 10.2. The monoisotopic (exact) mass is 162 g/mol. The first-order valence-corrected chi connectivity index (χ1v) is 3.57. The minimum atomic E-state index is -0.262.